The SMILES string of the molecule is Cc1ccc(C(=O)NC2CCOCC2Oc2ccc(C(=O)O)cc2)cn1. The summed E-state index contributed by atoms with van der Waals surface area (Å²) in [7, 11) is 0. The minimum absolute atomic E-state index is 0.189. The Morgan fingerprint density at radius 2 is 1.92 bits per heavy atom. The number of carboxylic acids is 1. The molecule has 1 aliphatic rings. The largest absolute Gasteiger partial charge is 0.486 e. The molecule has 0 bridgehead atoms. The molecule has 2 N–H and O–H groups in total. The quantitative estimate of drug-likeness (QED) is 0.851. The molecular weight excluding hydrogens is 336 g/mol. The van der Waals surface area contributed by atoms with Crippen molar-refractivity contribution < 1.29 is 24.2 Å². The molecule has 0 radical (unpaired) electrons. The maximum atomic E-state index is 12.4. The van der Waals surface area contributed by atoms with Crippen LogP contribution in [0.2, 0.25) is 0 Å². The fourth-order valence-electron chi connectivity index (χ4n) is 2.70. The summed E-state index contributed by atoms with van der Waals surface area (Å²) in [5, 5.41) is 11.9. The van der Waals surface area contributed by atoms with Gasteiger partial charge in [-0.15, -0.1) is 0 Å². The Morgan fingerprint density at radius 1 is 1.19 bits per heavy atom. The highest BCUT2D eigenvalue weighted by molar-refractivity contribution is 5.94. The van der Waals surface area contributed by atoms with Crippen molar-refractivity contribution in [1.82, 2.24) is 10.3 Å². The van der Waals surface area contributed by atoms with E-state index < -0.39 is 5.97 Å². The first-order valence-electron chi connectivity index (χ1n) is 8.34. The highest BCUT2D eigenvalue weighted by Crippen LogP contribution is 2.19. The normalized spacial score (nSPS) is 19.6. The van der Waals surface area contributed by atoms with Gasteiger partial charge in [0.25, 0.3) is 5.91 Å². The van der Waals surface area contributed by atoms with Gasteiger partial charge < -0.3 is 19.9 Å². The first kappa shape index (κ1) is 17.9. The van der Waals surface area contributed by atoms with Crippen molar-refractivity contribution in [2.45, 2.75) is 25.5 Å². The molecule has 2 atom stereocenters. The molecule has 26 heavy (non-hydrogen) atoms. The Kier molecular flexibility index (Phi) is 5.48. The number of rotatable bonds is 5. The van der Waals surface area contributed by atoms with E-state index in [0.717, 1.165) is 5.69 Å². The van der Waals surface area contributed by atoms with Crippen LogP contribution in [0.5, 0.6) is 5.75 Å². The zero-order chi connectivity index (χ0) is 18.5. The van der Waals surface area contributed by atoms with Crippen molar-refractivity contribution in [3.63, 3.8) is 0 Å². The van der Waals surface area contributed by atoms with Crippen molar-refractivity contribution in [2.24, 2.45) is 0 Å². The second-order valence-electron chi connectivity index (χ2n) is 6.12. The molecule has 1 aromatic carbocycles. The van der Waals surface area contributed by atoms with Crippen LogP contribution in [0.25, 0.3) is 0 Å². The van der Waals surface area contributed by atoms with Gasteiger partial charge in [0.15, 0.2) is 0 Å². The van der Waals surface area contributed by atoms with Crippen LogP contribution in [-0.2, 0) is 4.74 Å². The van der Waals surface area contributed by atoms with Gasteiger partial charge in [-0.25, -0.2) is 4.79 Å². The molecule has 7 nitrogen and oxygen atoms in total. The first-order chi connectivity index (χ1) is 12.5. The number of nitrogens with zero attached hydrogens (tertiary/aromatic N) is 1. The van der Waals surface area contributed by atoms with Gasteiger partial charge in [0.1, 0.15) is 11.9 Å². The molecule has 1 amide bonds. The molecule has 2 aromatic rings. The topological polar surface area (TPSA) is 97.8 Å². The van der Waals surface area contributed by atoms with E-state index in [1.165, 1.54) is 12.1 Å². The smallest absolute Gasteiger partial charge is 0.335 e. The highest BCUT2D eigenvalue weighted by Gasteiger charge is 2.29. The Labute approximate surface area is 151 Å². The van der Waals surface area contributed by atoms with Crippen LogP contribution in [0.1, 0.15) is 32.8 Å². The Bertz CT molecular complexity index is 774. The molecule has 3 rings (SSSR count). The van der Waals surface area contributed by atoms with Crippen LogP contribution >= 0.6 is 0 Å². The number of carbonyl (C=O) groups is 2. The van der Waals surface area contributed by atoms with E-state index in [-0.39, 0.29) is 23.6 Å². The lowest BCUT2D eigenvalue weighted by molar-refractivity contribution is -0.0135. The number of pyridine rings is 1. The van der Waals surface area contributed by atoms with Gasteiger partial charge in [0, 0.05) is 18.5 Å². The number of aromatic carboxylic acids is 1. The number of nitrogens with one attached hydrogen (secondary N) is 1. The third-order valence-corrected chi connectivity index (χ3v) is 4.18. The number of amides is 1. The third kappa shape index (κ3) is 4.37. The summed E-state index contributed by atoms with van der Waals surface area (Å²) in [6.45, 7) is 2.74. The van der Waals surface area contributed by atoms with Gasteiger partial charge in [0.05, 0.1) is 23.8 Å². The molecule has 0 aliphatic carbocycles. The fraction of sp³-hybridized carbons (Fsp3) is 0.316. The Hall–Kier alpha value is -2.93. The standard InChI is InChI=1S/C19H20N2O5/c1-12-2-3-14(10-20-12)18(22)21-16-8-9-25-11-17(16)26-15-6-4-13(5-7-15)19(23)24/h2-7,10,16-17H,8-9,11H2,1H3,(H,21,22)(H,23,24). The highest BCUT2D eigenvalue weighted by atomic mass is 16.5. The van der Waals surface area contributed by atoms with Gasteiger partial charge in [-0.05, 0) is 49.7 Å². The molecule has 1 fully saturated rings. The number of hydrogen-bond acceptors (Lipinski definition) is 5. The zero-order valence-corrected chi connectivity index (χ0v) is 14.3. The van der Waals surface area contributed by atoms with Crippen LogP contribution in [-0.4, -0.2) is 47.3 Å². The second-order valence-corrected chi connectivity index (χ2v) is 6.12. The lowest BCUT2D eigenvalue weighted by atomic mass is 10.1. The molecule has 0 saturated carbocycles. The van der Waals surface area contributed by atoms with Gasteiger partial charge >= 0.3 is 5.97 Å². The number of aromatic nitrogens is 1. The minimum Gasteiger partial charge on any atom is -0.486 e. The van der Waals surface area contributed by atoms with Crippen LogP contribution in [0.3, 0.4) is 0 Å². The molecule has 2 heterocycles. The van der Waals surface area contributed by atoms with Crippen molar-refractivity contribution in [1.29, 1.82) is 0 Å². The first-order valence-corrected chi connectivity index (χ1v) is 8.34. The average molecular weight is 356 g/mol. The fourth-order valence-corrected chi connectivity index (χ4v) is 2.70. The lowest BCUT2D eigenvalue weighted by Gasteiger charge is -2.32. The predicted octanol–water partition coefficient (Wildman–Crippen LogP) is 2.05. The van der Waals surface area contributed by atoms with Gasteiger partial charge in [-0.3, -0.25) is 9.78 Å². The number of hydrogen-bond donors (Lipinski definition) is 2. The van der Waals surface area contributed by atoms with Crippen LogP contribution in [0.4, 0.5) is 0 Å². The molecule has 1 aliphatic heterocycles. The number of carboxylic acid groups (broad SMARTS) is 1. The van der Waals surface area contributed by atoms with Crippen molar-refractivity contribution in [3.8, 4) is 5.75 Å². The van der Waals surface area contributed by atoms with Crippen LogP contribution in [0, 0.1) is 6.92 Å². The summed E-state index contributed by atoms with van der Waals surface area (Å²) in [6, 6.07) is 9.47. The molecule has 2 unspecified atom stereocenters. The monoisotopic (exact) mass is 356 g/mol. The molecule has 1 aromatic heterocycles. The maximum Gasteiger partial charge on any atom is 0.335 e. The van der Waals surface area contributed by atoms with E-state index in [2.05, 4.69) is 10.3 Å². The summed E-state index contributed by atoms with van der Waals surface area (Å²) in [5.74, 6) is -0.671. The molecule has 0 spiro atoms. The van der Waals surface area contributed by atoms with Crippen LogP contribution < -0.4 is 10.1 Å². The van der Waals surface area contributed by atoms with E-state index in [4.69, 9.17) is 14.6 Å². The Balaban J connectivity index is 1.66. The molecule has 7 heteroatoms. The van der Waals surface area contributed by atoms with Crippen molar-refractivity contribution in [2.75, 3.05) is 13.2 Å². The van der Waals surface area contributed by atoms with Crippen molar-refractivity contribution in [3.05, 3.63) is 59.4 Å². The lowest BCUT2D eigenvalue weighted by Crippen LogP contribution is -2.51. The zero-order valence-electron chi connectivity index (χ0n) is 14.3. The molecule has 1 saturated heterocycles. The van der Waals surface area contributed by atoms with Crippen LogP contribution in [0.15, 0.2) is 42.6 Å². The van der Waals surface area contributed by atoms with E-state index in [0.29, 0.717) is 30.9 Å². The Morgan fingerprint density at radius 3 is 2.58 bits per heavy atom. The summed E-state index contributed by atoms with van der Waals surface area (Å²) >= 11 is 0. The van der Waals surface area contributed by atoms with E-state index in [1.807, 2.05) is 6.92 Å². The summed E-state index contributed by atoms with van der Waals surface area (Å²) in [4.78, 5) is 27.5. The number of carbonyl (C=O) groups excluding carboxylic acids is 1. The number of benzene rings is 1. The second kappa shape index (κ2) is 7.97. The number of ether oxygens (including phenoxy) is 2. The maximum absolute atomic E-state index is 12.4. The predicted molar refractivity (Wildman–Crippen MR) is 93.5 cm³/mol. The summed E-state index contributed by atoms with van der Waals surface area (Å²) < 4.78 is 11.4. The van der Waals surface area contributed by atoms with E-state index in [1.54, 1.807) is 30.5 Å². The van der Waals surface area contributed by atoms with Gasteiger partial charge in [-0.2, -0.15) is 0 Å². The third-order valence-electron chi connectivity index (χ3n) is 4.18. The van der Waals surface area contributed by atoms with Crippen molar-refractivity contribution >= 4 is 11.9 Å². The summed E-state index contributed by atoms with van der Waals surface area (Å²) in [5.41, 5.74) is 1.53. The minimum atomic E-state index is -0.991. The van der Waals surface area contributed by atoms with E-state index >= 15 is 0 Å². The molecular formula is C19H20N2O5. The number of aryl methyl sites for hydroxylation is 1. The summed E-state index contributed by atoms with van der Waals surface area (Å²) in [6.07, 6.45) is 1.81. The van der Waals surface area contributed by atoms with Gasteiger partial charge in [-0.1, -0.05) is 0 Å². The van der Waals surface area contributed by atoms with E-state index in [9.17, 15) is 9.59 Å². The molecule has 136 valence electrons. The average Bonchev–Trinajstić information content (AvgIpc) is 2.64. The van der Waals surface area contributed by atoms with Gasteiger partial charge in [0.2, 0.25) is 0 Å².